The normalized spacial score (nSPS) is 21.4. The van der Waals surface area contributed by atoms with Gasteiger partial charge < -0.3 is 10.0 Å². The number of likely N-dealkylation sites (N-methyl/N-ethyl adjacent to an activating group) is 1. The summed E-state index contributed by atoms with van der Waals surface area (Å²) in [6.07, 6.45) is 2.13. The molecule has 1 aliphatic heterocycles. The molecular formula is C18H24F2N2O2. The lowest BCUT2D eigenvalue weighted by atomic mass is 9.82. The Hall–Kier alpha value is -1.98. The minimum absolute atomic E-state index is 0.0352. The highest BCUT2D eigenvalue weighted by Crippen LogP contribution is 2.40. The van der Waals surface area contributed by atoms with Crippen LogP contribution in [0.4, 0.5) is 8.78 Å². The van der Waals surface area contributed by atoms with Crippen molar-refractivity contribution < 1.29 is 18.7 Å². The van der Waals surface area contributed by atoms with Crippen LogP contribution in [-0.2, 0) is 4.79 Å². The number of halogens is 2. The molecule has 0 saturated heterocycles. The van der Waals surface area contributed by atoms with Gasteiger partial charge in [-0.2, -0.15) is 0 Å². The topological polar surface area (TPSA) is 52.9 Å². The molecule has 6 heteroatoms. The molecule has 1 atom stereocenters. The summed E-state index contributed by atoms with van der Waals surface area (Å²) in [5.74, 6) is -3.62. The summed E-state index contributed by atoms with van der Waals surface area (Å²) in [7, 11) is 1.67. The number of phenolic OH excluding ortho intramolecular Hbond substituents is 1. The van der Waals surface area contributed by atoms with Crippen LogP contribution in [0, 0.1) is 17.0 Å². The van der Waals surface area contributed by atoms with E-state index in [0.717, 1.165) is 18.6 Å². The Balaban J connectivity index is 2.56. The van der Waals surface area contributed by atoms with Gasteiger partial charge in [-0.1, -0.05) is 34.1 Å². The van der Waals surface area contributed by atoms with Crippen LogP contribution >= 0.6 is 0 Å². The Kier molecular flexibility index (Phi) is 4.70. The number of hydrogen-bond donors (Lipinski definition) is 1. The molecule has 1 amide bonds. The quantitative estimate of drug-likeness (QED) is 0.906. The molecule has 2 rings (SSSR count). The molecule has 0 radical (unpaired) electrons. The van der Waals surface area contributed by atoms with Crippen LogP contribution in [0.15, 0.2) is 17.1 Å². The number of phenols is 1. The van der Waals surface area contributed by atoms with Crippen LogP contribution in [0.5, 0.6) is 5.75 Å². The summed E-state index contributed by atoms with van der Waals surface area (Å²) in [6.45, 7) is 8.21. The van der Waals surface area contributed by atoms with Gasteiger partial charge in [0, 0.05) is 12.6 Å². The molecule has 24 heavy (non-hydrogen) atoms. The van der Waals surface area contributed by atoms with Gasteiger partial charge in [0.1, 0.15) is 11.4 Å². The summed E-state index contributed by atoms with van der Waals surface area (Å²) in [4.78, 5) is 18.9. The Morgan fingerprint density at radius 1 is 1.25 bits per heavy atom. The maximum absolute atomic E-state index is 13.7. The molecule has 1 N–H and O–H groups in total. The second kappa shape index (κ2) is 6.15. The molecule has 1 aromatic carbocycles. The Morgan fingerprint density at radius 3 is 2.25 bits per heavy atom. The summed E-state index contributed by atoms with van der Waals surface area (Å²) in [5, 5.41) is 9.25. The van der Waals surface area contributed by atoms with Gasteiger partial charge in [-0.3, -0.25) is 9.79 Å². The van der Waals surface area contributed by atoms with Gasteiger partial charge in [-0.25, -0.2) is 8.78 Å². The Labute approximate surface area is 141 Å². The number of rotatable bonds is 4. The first-order valence-electron chi connectivity index (χ1n) is 8.07. The van der Waals surface area contributed by atoms with E-state index >= 15 is 0 Å². The number of carbonyl (C=O) groups excluding carboxylic acids is 1. The van der Waals surface area contributed by atoms with Crippen LogP contribution in [-0.4, -0.2) is 34.3 Å². The fraction of sp³-hybridized carbons (Fsp3) is 0.556. The molecule has 1 heterocycles. The fourth-order valence-electron chi connectivity index (χ4n) is 3.29. The number of aliphatic imine (C=N–C) groups is 1. The van der Waals surface area contributed by atoms with Crippen molar-refractivity contribution in [3.8, 4) is 5.75 Å². The Morgan fingerprint density at radius 2 is 1.79 bits per heavy atom. The van der Waals surface area contributed by atoms with Gasteiger partial charge in [-0.05, 0) is 30.4 Å². The number of aromatic hydroxyl groups is 1. The molecule has 1 aromatic rings. The van der Waals surface area contributed by atoms with E-state index in [1.165, 1.54) is 0 Å². The van der Waals surface area contributed by atoms with E-state index in [4.69, 9.17) is 0 Å². The zero-order chi connectivity index (χ0) is 18.3. The molecule has 1 unspecified atom stereocenters. The third-order valence-electron chi connectivity index (χ3n) is 4.21. The van der Waals surface area contributed by atoms with Crippen LogP contribution < -0.4 is 0 Å². The van der Waals surface area contributed by atoms with Crippen molar-refractivity contribution in [1.82, 2.24) is 4.90 Å². The van der Waals surface area contributed by atoms with Crippen molar-refractivity contribution >= 4 is 11.6 Å². The molecule has 0 saturated carbocycles. The molecule has 0 aromatic heterocycles. The average molecular weight is 338 g/mol. The first-order valence-corrected chi connectivity index (χ1v) is 8.07. The molecule has 0 fully saturated rings. The monoisotopic (exact) mass is 338 g/mol. The zero-order valence-corrected chi connectivity index (χ0v) is 14.8. The molecule has 132 valence electrons. The molecule has 4 nitrogen and oxygen atoms in total. The lowest BCUT2D eigenvalue weighted by Gasteiger charge is -2.38. The number of nitrogens with zero attached hydrogens (tertiary/aromatic N) is 2. The van der Waals surface area contributed by atoms with Gasteiger partial charge in [0.25, 0.3) is 5.91 Å². The van der Waals surface area contributed by atoms with Crippen molar-refractivity contribution in [1.29, 1.82) is 0 Å². The second-order valence-corrected chi connectivity index (χ2v) is 7.58. The predicted octanol–water partition coefficient (Wildman–Crippen LogP) is 3.86. The molecular weight excluding hydrogens is 314 g/mol. The molecule has 0 aliphatic carbocycles. The van der Waals surface area contributed by atoms with E-state index in [1.807, 2.05) is 6.92 Å². The third-order valence-corrected chi connectivity index (χ3v) is 4.21. The summed E-state index contributed by atoms with van der Waals surface area (Å²) < 4.78 is 27.3. The van der Waals surface area contributed by atoms with E-state index < -0.39 is 23.0 Å². The fourth-order valence-corrected chi connectivity index (χ4v) is 3.29. The van der Waals surface area contributed by atoms with Crippen molar-refractivity contribution in [3.63, 3.8) is 0 Å². The highest BCUT2D eigenvalue weighted by molar-refractivity contribution is 6.46. The van der Waals surface area contributed by atoms with Crippen molar-refractivity contribution in [2.75, 3.05) is 7.05 Å². The van der Waals surface area contributed by atoms with Gasteiger partial charge in [0.05, 0.1) is 0 Å². The first-order chi connectivity index (χ1) is 11.0. The first kappa shape index (κ1) is 18.4. The number of benzene rings is 1. The van der Waals surface area contributed by atoms with Crippen LogP contribution in [0.3, 0.4) is 0 Å². The Bertz CT molecular complexity index is 672. The molecule has 1 aliphatic rings. The van der Waals surface area contributed by atoms with E-state index in [1.54, 1.807) is 11.9 Å². The van der Waals surface area contributed by atoms with Gasteiger partial charge in [0.2, 0.25) is 0 Å². The second-order valence-electron chi connectivity index (χ2n) is 7.58. The molecule has 0 bridgehead atoms. The van der Waals surface area contributed by atoms with Crippen LogP contribution in [0.2, 0.25) is 0 Å². The van der Waals surface area contributed by atoms with E-state index in [0.29, 0.717) is 12.8 Å². The minimum atomic E-state index is -1.10. The highest BCUT2D eigenvalue weighted by Gasteiger charge is 2.46. The third kappa shape index (κ3) is 3.28. The van der Waals surface area contributed by atoms with Gasteiger partial charge in [-0.15, -0.1) is 0 Å². The number of carbonyl (C=O) groups is 1. The summed E-state index contributed by atoms with van der Waals surface area (Å²) >= 11 is 0. The van der Waals surface area contributed by atoms with Gasteiger partial charge in [0.15, 0.2) is 17.4 Å². The maximum Gasteiger partial charge on any atom is 0.274 e. The predicted molar refractivity (Wildman–Crippen MR) is 89.0 cm³/mol. The number of hydrogen-bond acceptors (Lipinski definition) is 3. The molecule has 0 spiro atoms. The van der Waals surface area contributed by atoms with Crippen molar-refractivity contribution in [2.45, 2.75) is 52.6 Å². The van der Waals surface area contributed by atoms with Crippen LogP contribution in [0.1, 0.15) is 52.5 Å². The van der Waals surface area contributed by atoms with Gasteiger partial charge >= 0.3 is 0 Å². The standard InChI is InChI=1S/C18H24F2N2O2/c1-6-7-18(10-17(2,3)4)21-14(16(24)22(18)5)11-8-12(19)15(23)13(20)9-11/h8-9,23H,6-7,10H2,1-5H3. The minimum Gasteiger partial charge on any atom is -0.503 e. The lowest BCUT2D eigenvalue weighted by Crippen LogP contribution is -2.46. The highest BCUT2D eigenvalue weighted by atomic mass is 19.1. The van der Waals surface area contributed by atoms with Crippen LogP contribution in [0.25, 0.3) is 0 Å². The number of amides is 1. The maximum atomic E-state index is 13.7. The SMILES string of the molecule is CCCC1(CC(C)(C)C)N=C(c2cc(F)c(O)c(F)c2)C(=O)N1C. The van der Waals surface area contributed by atoms with Crippen molar-refractivity contribution in [2.24, 2.45) is 10.4 Å². The van der Waals surface area contributed by atoms with E-state index in [9.17, 15) is 18.7 Å². The smallest absolute Gasteiger partial charge is 0.274 e. The lowest BCUT2D eigenvalue weighted by molar-refractivity contribution is -0.127. The van der Waals surface area contributed by atoms with E-state index in [2.05, 4.69) is 25.8 Å². The zero-order valence-electron chi connectivity index (χ0n) is 14.8. The van der Waals surface area contributed by atoms with Crippen molar-refractivity contribution in [3.05, 3.63) is 29.3 Å². The largest absolute Gasteiger partial charge is 0.503 e. The average Bonchev–Trinajstić information content (AvgIpc) is 2.68. The van der Waals surface area contributed by atoms with E-state index in [-0.39, 0.29) is 22.6 Å². The summed E-state index contributed by atoms with van der Waals surface area (Å²) in [6, 6.07) is 1.89. The summed E-state index contributed by atoms with van der Waals surface area (Å²) in [5.41, 5.74) is -0.710.